The fourth-order valence-corrected chi connectivity index (χ4v) is 2.62. The Hall–Kier alpha value is -2.76. The van der Waals surface area contributed by atoms with Crippen molar-refractivity contribution >= 4 is 11.7 Å². The number of amides is 1. The zero-order valence-corrected chi connectivity index (χ0v) is 11.9. The molecule has 0 spiro atoms. The smallest absolute Gasteiger partial charge is 0.248 e. The van der Waals surface area contributed by atoms with Crippen LogP contribution in [0.15, 0.2) is 30.9 Å². The molecule has 6 nitrogen and oxygen atoms in total. The standard InChI is InChI=1S/C16H15N3O3/c1-2-13(20)17-16-14(15(18-19-16)9-3-4-9)10-5-6-11-12(7-10)22-8-21-11/h2,5-7,9H,1,3-4,8H2,(H2,17,18,19,20). The summed E-state index contributed by atoms with van der Waals surface area (Å²) in [5.41, 5.74) is 2.84. The summed E-state index contributed by atoms with van der Waals surface area (Å²) in [7, 11) is 0. The fourth-order valence-electron chi connectivity index (χ4n) is 2.62. The number of hydrogen-bond donors (Lipinski definition) is 2. The van der Waals surface area contributed by atoms with Crippen LogP contribution in [-0.2, 0) is 4.79 Å². The van der Waals surface area contributed by atoms with E-state index in [9.17, 15) is 4.79 Å². The van der Waals surface area contributed by atoms with E-state index in [4.69, 9.17) is 9.47 Å². The Bertz CT molecular complexity index is 762. The van der Waals surface area contributed by atoms with Crippen molar-refractivity contribution < 1.29 is 14.3 Å². The van der Waals surface area contributed by atoms with E-state index < -0.39 is 0 Å². The minimum absolute atomic E-state index is 0.236. The van der Waals surface area contributed by atoms with Crippen LogP contribution in [0.5, 0.6) is 11.5 Å². The lowest BCUT2D eigenvalue weighted by molar-refractivity contribution is -0.111. The van der Waals surface area contributed by atoms with Crippen molar-refractivity contribution in [2.24, 2.45) is 0 Å². The van der Waals surface area contributed by atoms with Gasteiger partial charge in [0.2, 0.25) is 12.7 Å². The quantitative estimate of drug-likeness (QED) is 0.851. The SMILES string of the molecule is C=CC(=O)Nc1[nH]nc(C2CC2)c1-c1ccc2c(c1)OCO2. The molecule has 2 aromatic rings. The van der Waals surface area contributed by atoms with Gasteiger partial charge in [-0.3, -0.25) is 9.89 Å². The number of anilines is 1. The van der Waals surface area contributed by atoms with Crippen LogP contribution in [-0.4, -0.2) is 22.9 Å². The summed E-state index contributed by atoms with van der Waals surface area (Å²) in [6.07, 6.45) is 3.48. The van der Waals surface area contributed by atoms with Gasteiger partial charge in [0.05, 0.1) is 5.69 Å². The van der Waals surface area contributed by atoms with Gasteiger partial charge < -0.3 is 14.8 Å². The normalized spacial score (nSPS) is 15.6. The van der Waals surface area contributed by atoms with E-state index in [1.165, 1.54) is 6.08 Å². The summed E-state index contributed by atoms with van der Waals surface area (Å²) in [6.45, 7) is 3.71. The van der Waals surface area contributed by atoms with Crippen LogP contribution < -0.4 is 14.8 Å². The van der Waals surface area contributed by atoms with Crippen LogP contribution in [0.2, 0.25) is 0 Å². The van der Waals surface area contributed by atoms with Crippen molar-refractivity contribution in [1.82, 2.24) is 10.2 Å². The monoisotopic (exact) mass is 297 g/mol. The van der Waals surface area contributed by atoms with Crippen LogP contribution in [0, 0.1) is 0 Å². The second kappa shape index (κ2) is 4.91. The predicted octanol–water partition coefficient (Wildman–Crippen LogP) is 2.81. The number of rotatable bonds is 4. The Kier molecular flexibility index (Phi) is 2.89. The van der Waals surface area contributed by atoms with E-state index in [0.29, 0.717) is 17.5 Å². The molecule has 1 fully saturated rings. The van der Waals surface area contributed by atoms with Gasteiger partial charge in [-0.2, -0.15) is 5.10 Å². The molecular weight excluding hydrogens is 282 g/mol. The van der Waals surface area contributed by atoms with E-state index in [1.807, 2.05) is 18.2 Å². The third kappa shape index (κ3) is 2.13. The number of nitrogens with zero attached hydrogens (tertiary/aromatic N) is 1. The number of ether oxygens (including phenoxy) is 2. The van der Waals surface area contributed by atoms with Crippen LogP contribution >= 0.6 is 0 Å². The molecule has 0 unspecified atom stereocenters. The molecule has 112 valence electrons. The molecule has 0 saturated heterocycles. The molecule has 1 aliphatic heterocycles. The minimum atomic E-state index is -0.270. The zero-order valence-electron chi connectivity index (χ0n) is 11.9. The second-order valence-corrected chi connectivity index (χ2v) is 5.39. The van der Waals surface area contributed by atoms with Gasteiger partial charge in [0.1, 0.15) is 5.82 Å². The van der Waals surface area contributed by atoms with Crippen LogP contribution in [0.1, 0.15) is 24.5 Å². The Morgan fingerprint density at radius 2 is 2.18 bits per heavy atom. The van der Waals surface area contributed by atoms with Crippen molar-refractivity contribution in [3.05, 3.63) is 36.5 Å². The summed E-state index contributed by atoms with van der Waals surface area (Å²) in [5.74, 6) is 2.21. The van der Waals surface area contributed by atoms with Gasteiger partial charge in [0.15, 0.2) is 11.5 Å². The van der Waals surface area contributed by atoms with Gasteiger partial charge in [-0.1, -0.05) is 12.6 Å². The van der Waals surface area contributed by atoms with Crippen molar-refractivity contribution in [2.45, 2.75) is 18.8 Å². The Labute approximate surface area is 127 Å². The number of nitrogens with one attached hydrogen (secondary N) is 2. The molecule has 0 radical (unpaired) electrons. The largest absolute Gasteiger partial charge is 0.454 e. The van der Waals surface area contributed by atoms with E-state index in [2.05, 4.69) is 22.1 Å². The van der Waals surface area contributed by atoms with Gasteiger partial charge in [-0.25, -0.2) is 0 Å². The summed E-state index contributed by atoms with van der Waals surface area (Å²) >= 11 is 0. The van der Waals surface area contributed by atoms with E-state index in [1.54, 1.807) is 0 Å². The summed E-state index contributed by atoms with van der Waals surface area (Å²) in [6, 6.07) is 5.75. The molecular formula is C16H15N3O3. The maximum atomic E-state index is 11.6. The number of H-pyrrole nitrogens is 1. The lowest BCUT2D eigenvalue weighted by Crippen LogP contribution is -2.08. The van der Waals surface area contributed by atoms with Gasteiger partial charge in [0, 0.05) is 11.5 Å². The maximum Gasteiger partial charge on any atom is 0.248 e. The lowest BCUT2D eigenvalue weighted by Gasteiger charge is -2.07. The highest BCUT2D eigenvalue weighted by atomic mass is 16.7. The highest BCUT2D eigenvalue weighted by molar-refractivity contribution is 6.01. The third-order valence-electron chi connectivity index (χ3n) is 3.85. The van der Waals surface area contributed by atoms with Gasteiger partial charge >= 0.3 is 0 Å². The molecule has 0 atom stereocenters. The Morgan fingerprint density at radius 1 is 1.36 bits per heavy atom. The average Bonchev–Trinajstić information content (AvgIpc) is 3.12. The van der Waals surface area contributed by atoms with Crippen LogP contribution in [0.3, 0.4) is 0 Å². The van der Waals surface area contributed by atoms with Crippen molar-refractivity contribution in [1.29, 1.82) is 0 Å². The lowest BCUT2D eigenvalue weighted by atomic mass is 10.0. The van der Waals surface area contributed by atoms with Crippen LogP contribution in [0.25, 0.3) is 11.1 Å². The van der Waals surface area contributed by atoms with Gasteiger partial charge in [-0.15, -0.1) is 0 Å². The first kappa shape index (κ1) is 12.9. The molecule has 1 aromatic carbocycles. The number of benzene rings is 1. The molecule has 2 N–H and O–H groups in total. The number of aromatic amines is 1. The van der Waals surface area contributed by atoms with Crippen molar-refractivity contribution in [3.8, 4) is 22.6 Å². The summed E-state index contributed by atoms with van der Waals surface area (Å²) in [4.78, 5) is 11.6. The highest BCUT2D eigenvalue weighted by Crippen LogP contribution is 2.47. The molecule has 2 aliphatic rings. The Balaban J connectivity index is 1.79. The minimum Gasteiger partial charge on any atom is -0.454 e. The van der Waals surface area contributed by atoms with Gasteiger partial charge in [0.25, 0.3) is 0 Å². The Morgan fingerprint density at radius 3 is 2.95 bits per heavy atom. The molecule has 1 amide bonds. The van der Waals surface area contributed by atoms with E-state index in [0.717, 1.165) is 35.4 Å². The van der Waals surface area contributed by atoms with E-state index in [-0.39, 0.29) is 12.7 Å². The maximum absolute atomic E-state index is 11.6. The van der Waals surface area contributed by atoms with Crippen LogP contribution in [0.4, 0.5) is 5.82 Å². The molecule has 1 aliphatic carbocycles. The fraction of sp³-hybridized carbons (Fsp3) is 0.250. The van der Waals surface area contributed by atoms with E-state index >= 15 is 0 Å². The highest BCUT2D eigenvalue weighted by Gasteiger charge is 2.31. The topological polar surface area (TPSA) is 76.2 Å². The third-order valence-corrected chi connectivity index (χ3v) is 3.85. The first-order valence-electron chi connectivity index (χ1n) is 7.18. The molecule has 1 saturated carbocycles. The molecule has 0 bridgehead atoms. The second-order valence-electron chi connectivity index (χ2n) is 5.39. The summed E-state index contributed by atoms with van der Waals surface area (Å²) < 4.78 is 10.8. The molecule has 6 heteroatoms. The molecule has 2 heterocycles. The first-order chi connectivity index (χ1) is 10.8. The van der Waals surface area contributed by atoms with Crippen molar-refractivity contribution in [2.75, 3.05) is 12.1 Å². The number of carbonyl (C=O) groups is 1. The predicted molar refractivity (Wildman–Crippen MR) is 80.9 cm³/mol. The summed E-state index contributed by atoms with van der Waals surface area (Å²) in [5, 5.41) is 10.1. The molecule has 4 rings (SSSR count). The number of carbonyl (C=O) groups excluding carboxylic acids is 1. The molecule has 1 aromatic heterocycles. The zero-order chi connectivity index (χ0) is 15.1. The van der Waals surface area contributed by atoms with Gasteiger partial charge in [-0.05, 0) is 36.6 Å². The first-order valence-corrected chi connectivity index (χ1v) is 7.18. The van der Waals surface area contributed by atoms with Crippen molar-refractivity contribution in [3.63, 3.8) is 0 Å². The average molecular weight is 297 g/mol. The number of fused-ring (bicyclic) bond motifs is 1. The number of hydrogen-bond acceptors (Lipinski definition) is 4. The number of aromatic nitrogens is 2. The molecule has 22 heavy (non-hydrogen) atoms.